The molecule has 1 aromatic heterocycles. The number of aliphatic carboxylic acids is 1. The van der Waals surface area contributed by atoms with Crippen LogP contribution in [0.4, 0.5) is 4.79 Å². The molecule has 2 rings (SSSR count). The van der Waals surface area contributed by atoms with E-state index in [4.69, 9.17) is 9.47 Å². The SMILES string of the molecule is COCCOC(=O)NC(Cc1c[nH]c2ccccc12)C(=O)O. The van der Waals surface area contributed by atoms with Crippen LogP contribution in [0.15, 0.2) is 30.5 Å². The molecule has 0 aliphatic rings. The predicted octanol–water partition coefficient (Wildman–Crippen LogP) is 1.54. The van der Waals surface area contributed by atoms with E-state index >= 15 is 0 Å². The maximum Gasteiger partial charge on any atom is 0.407 e. The van der Waals surface area contributed by atoms with E-state index in [0.717, 1.165) is 16.5 Å². The summed E-state index contributed by atoms with van der Waals surface area (Å²) in [5, 5.41) is 12.5. The predicted molar refractivity (Wildman–Crippen MR) is 79.8 cm³/mol. The topological polar surface area (TPSA) is 101 Å². The number of rotatable bonds is 7. The molecule has 7 heteroatoms. The number of alkyl carbamates (subject to hydrolysis) is 1. The molecule has 0 radical (unpaired) electrons. The van der Waals surface area contributed by atoms with Gasteiger partial charge in [0, 0.05) is 30.6 Å². The van der Waals surface area contributed by atoms with Gasteiger partial charge in [0.1, 0.15) is 12.6 Å². The molecule has 1 amide bonds. The van der Waals surface area contributed by atoms with Crippen LogP contribution in [-0.4, -0.2) is 48.5 Å². The van der Waals surface area contributed by atoms with E-state index in [0.29, 0.717) is 0 Å². The number of benzene rings is 1. The van der Waals surface area contributed by atoms with Crippen molar-refractivity contribution in [1.82, 2.24) is 10.3 Å². The highest BCUT2D eigenvalue weighted by Gasteiger charge is 2.22. The van der Waals surface area contributed by atoms with E-state index in [2.05, 4.69) is 10.3 Å². The first-order chi connectivity index (χ1) is 10.6. The van der Waals surface area contributed by atoms with Gasteiger partial charge in [0.05, 0.1) is 6.61 Å². The summed E-state index contributed by atoms with van der Waals surface area (Å²) in [5.41, 5.74) is 1.74. The Morgan fingerprint density at radius 3 is 2.82 bits per heavy atom. The largest absolute Gasteiger partial charge is 0.480 e. The van der Waals surface area contributed by atoms with Crippen molar-refractivity contribution in [3.05, 3.63) is 36.0 Å². The molecule has 22 heavy (non-hydrogen) atoms. The molecule has 0 aliphatic carbocycles. The van der Waals surface area contributed by atoms with Crippen molar-refractivity contribution in [2.75, 3.05) is 20.3 Å². The molecule has 1 heterocycles. The third-order valence-corrected chi connectivity index (χ3v) is 3.21. The van der Waals surface area contributed by atoms with Crippen molar-refractivity contribution in [3.63, 3.8) is 0 Å². The monoisotopic (exact) mass is 306 g/mol. The molecular formula is C15H18N2O5. The van der Waals surface area contributed by atoms with E-state index in [1.54, 1.807) is 6.20 Å². The normalized spacial score (nSPS) is 12.0. The Morgan fingerprint density at radius 1 is 1.32 bits per heavy atom. The molecule has 1 atom stereocenters. The number of hydrogen-bond acceptors (Lipinski definition) is 4. The number of amides is 1. The second-order valence-corrected chi connectivity index (χ2v) is 4.73. The Bertz CT molecular complexity index is 652. The average Bonchev–Trinajstić information content (AvgIpc) is 2.90. The maximum absolute atomic E-state index is 11.6. The minimum atomic E-state index is -1.12. The zero-order chi connectivity index (χ0) is 15.9. The lowest BCUT2D eigenvalue weighted by Gasteiger charge is -2.14. The number of carbonyl (C=O) groups is 2. The van der Waals surface area contributed by atoms with Gasteiger partial charge in [-0.15, -0.1) is 0 Å². The third-order valence-electron chi connectivity index (χ3n) is 3.21. The van der Waals surface area contributed by atoms with Crippen molar-refractivity contribution in [2.45, 2.75) is 12.5 Å². The van der Waals surface area contributed by atoms with Gasteiger partial charge in [-0.1, -0.05) is 18.2 Å². The number of ether oxygens (including phenoxy) is 2. The number of para-hydroxylation sites is 1. The number of carboxylic acid groups (broad SMARTS) is 1. The van der Waals surface area contributed by atoms with Crippen LogP contribution in [0, 0.1) is 0 Å². The molecule has 0 bridgehead atoms. The van der Waals surface area contributed by atoms with Crippen molar-refractivity contribution < 1.29 is 24.2 Å². The molecule has 118 valence electrons. The highest BCUT2D eigenvalue weighted by molar-refractivity contribution is 5.85. The first-order valence-electron chi connectivity index (χ1n) is 6.82. The zero-order valence-corrected chi connectivity index (χ0v) is 12.2. The van der Waals surface area contributed by atoms with Crippen molar-refractivity contribution in [2.24, 2.45) is 0 Å². The number of fused-ring (bicyclic) bond motifs is 1. The number of aromatic amines is 1. The van der Waals surface area contributed by atoms with Gasteiger partial charge in [0.2, 0.25) is 0 Å². The molecule has 0 saturated heterocycles. The minimum absolute atomic E-state index is 0.0712. The lowest BCUT2D eigenvalue weighted by molar-refractivity contribution is -0.139. The fourth-order valence-electron chi connectivity index (χ4n) is 2.12. The summed E-state index contributed by atoms with van der Waals surface area (Å²) in [6.07, 6.45) is 1.14. The van der Waals surface area contributed by atoms with Gasteiger partial charge in [-0.2, -0.15) is 0 Å². The quantitative estimate of drug-likeness (QED) is 0.674. The van der Waals surface area contributed by atoms with Gasteiger partial charge in [-0.25, -0.2) is 9.59 Å². The average molecular weight is 306 g/mol. The van der Waals surface area contributed by atoms with Gasteiger partial charge < -0.3 is 24.9 Å². The number of carbonyl (C=O) groups excluding carboxylic acids is 1. The molecule has 0 fully saturated rings. The summed E-state index contributed by atoms with van der Waals surface area (Å²) in [6.45, 7) is 0.329. The highest BCUT2D eigenvalue weighted by atomic mass is 16.6. The molecule has 3 N–H and O–H groups in total. The fourth-order valence-corrected chi connectivity index (χ4v) is 2.12. The zero-order valence-electron chi connectivity index (χ0n) is 12.2. The maximum atomic E-state index is 11.6. The van der Waals surface area contributed by atoms with Crippen LogP contribution < -0.4 is 5.32 Å². The van der Waals surface area contributed by atoms with E-state index in [-0.39, 0.29) is 19.6 Å². The first kappa shape index (κ1) is 15.8. The number of carboxylic acids is 1. The lowest BCUT2D eigenvalue weighted by Crippen LogP contribution is -2.42. The molecule has 0 aliphatic heterocycles. The van der Waals surface area contributed by atoms with E-state index in [1.165, 1.54) is 7.11 Å². The van der Waals surface area contributed by atoms with Crippen molar-refractivity contribution in [1.29, 1.82) is 0 Å². The van der Waals surface area contributed by atoms with Gasteiger partial charge in [-0.05, 0) is 11.6 Å². The van der Waals surface area contributed by atoms with Gasteiger partial charge in [-0.3, -0.25) is 0 Å². The second kappa shape index (κ2) is 7.46. The third kappa shape index (κ3) is 3.98. The van der Waals surface area contributed by atoms with E-state index < -0.39 is 18.1 Å². The Balaban J connectivity index is 2.03. The Hall–Kier alpha value is -2.54. The van der Waals surface area contributed by atoms with E-state index in [1.807, 2.05) is 24.3 Å². The fraction of sp³-hybridized carbons (Fsp3) is 0.333. The summed E-state index contributed by atoms with van der Waals surface area (Å²) in [4.78, 5) is 26.0. The molecule has 2 aromatic rings. The van der Waals surface area contributed by atoms with Gasteiger partial charge in [0.25, 0.3) is 0 Å². The lowest BCUT2D eigenvalue weighted by atomic mass is 10.1. The Labute approximate surface area is 127 Å². The summed E-state index contributed by atoms with van der Waals surface area (Å²) in [5.74, 6) is -1.12. The van der Waals surface area contributed by atoms with Crippen LogP contribution in [0.2, 0.25) is 0 Å². The Morgan fingerprint density at radius 2 is 2.09 bits per heavy atom. The number of nitrogens with one attached hydrogen (secondary N) is 2. The number of methoxy groups -OCH3 is 1. The van der Waals surface area contributed by atoms with Crippen LogP contribution >= 0.6 is 0 Å². The van der Waals surface area contributed by atoms with Gasteiger partial charge >= 0.3 is 12.1 Å². The molecule has 7 nitrogen and oxygen atoms in total. The number of hydrogen-bond donors (Lipinski definition) is 3. The molecule has 0 saturated carbocycles. The summed E-state index contributed by atoms with van der Waals surface area (Å²) in [7, 11) is 1.48. The minimum Gasteiger partial charge on any atom is -0.480 e. The van der Waals surface area contributed by atoms with Crippen LogP contribution in [0.3, 0.4) is 0 Å². The summed E-state index contributed by atoms with van der Waals surface area (Å²) in [6, 6.07) is 6.51. The van der Waals surface area contributed by atoms with E-state index in [9.17, 15) is 14.7 Å². The smallest absolute Gasteiger partial charge is 0.407 e. The van der Waals surface area contributed by atoms with Crippen LogP contribution in [-0.2, 0) is 20.7 Å². The first-order valence-corrected chi connectivity index (χ1v) is 6.82. The van der Waals surface area contributed by atoms with Gasteiger partial charge in [0.15, 0.2) is 0 Å². The summed E-state index contributed by atoms with van der Waals surface area (Å²) >= 11 is 0. The second-order valence-electron chi connectivity index (χ2n) is 4.73. The highest BCUT2D eigenvalue weighted by Crippen LogP contribution is 2.19. The molecule has 0 spiro atoms. The van der Waals surface area contributed by atoms with Crippen molar-refractivity contribution >= 4 is 23.0 Å². The number of aromatic nitrogens is 1. The number of H-pyrrole nitrogens is 1. The van der Waals surface area contributed by atoms with Crippen molar-refractivity contribution in [3.8, 4) is 0 Å². The molecule has 1 unspecified atom stereocenters. The van der Waals surface area contributed by atoms with Crippen LogP contribution in [0.25, 0.3) is 10.9 Å². The Kier molecular flexibility index (Phi) is 5.37. The standard InChI is InChI=1S/C15H18N2O5/c1-21-6-7-22-15(20)17-13(14(18)19)8-10-9-16-12-5-3-2-4-11(10)12/h2-5,9,13,16H,6-8H2,1H3,(H,17,20)(H,18,19). The molecular weight excluding hydrogens is 288 g/mol. The summed E-state index contributed by atoms with van der Waals surface area (Å²) < 4.78 is 9.58. The molecule has 1 aromatic carbocycles. The van der Waals surface area contributed by atoms with Crippen LogP contribution in [0.5, 0.6) is 0 Å². The van der Waals surface area contributed by atoms with Crippen LogP contribution in [0.1, 0.15) is 5.56 Å².